The van der Waals surface area contributed by atoms with Crippen molar-refractivity contribution in [1.29, 1.82) is 0 Å². The van der Waals surface area contributed by atoms with Crippen LogP contribution in [0.5, 0.6) is 0 Å². The number of halogens is 1. The first-order valence-electron chi connectivity index (χ1n) is 6.05. The summed E-state index contributed by atoms with van der Waals surface area (Å²) in [5, 5.41) is 13.7. The number of nitrogens with two attached hydrogens (primary N) is 1. The molecule has 1 aliphatic rings. The lowest BCUT2D eigenvalue weighted by molar-refractivity contribution is 0.138. The van der Waals surface area contributed by atoms with Crippen molar-refractivity contribution in [3.63, 3.8) is 0 Å². The van der Waals surface area contributed by atoms with Crippen molar-refractivity contribution in [3.05, 3.63) is 22.7 Å². The molecule has 0 saturated heterocycles. The molecule has 1 saturated carbocycles. The molecule has 0 heterocycles. The van der Waals surface area contributed by atoms with Gasteiger partial charge in [0.2, 0.25) is 0 Å². The lowest BCUT2D eigenvalue weighted by Gasteiger charge is -2.17. The first-order chi connectivity index (χ1) is 8.08. The van der Waals surface area contributed by atoms with Gasteiger partial charge in [-0.25, -0.2) is 0 Å². The minimum absolute atomic E-state index is 0.160. The summed E-state index contributed by atoms with van der Waals surface area (Å²) in [4.78, 5) is 0. The van der Waals surface area contributed by atoms with E-state index >= 15 is 0 Å². The van der Waals surface area contributed by atoms with Crippen molar-refractivity contribution < 1.29 is 5.11 Å². The van der Waals surface area contributed by atoms with Gasteiger partial charge >= 0.3 is 0 Å². The molecule has 0 bridgehead atoms. The highest BCUT2D eigenvalue weighted by molar-refractivity contribution is 6.33. The number of anilines is 2. The highest BCUT2D eigenvalue weighted by Gasteiger charge is 2.24. The third-order valence-electron chi connectivity index (χ3n) is 3.52. The molecular weight excluding hydrogens is 236 g/mol. The number of nitrogen functional groups attached to an aromatic ring is 1. The van der Waals surface area contributed by atoms with Crippen LogP contribution < -0.4 is 11.1 Å². The zero-order chi connectivity index (χ0) is 12.4. The number of nitrogens with one attached hydrogen (secondary N) is 1. The highest BCUT2D eigenvalue weighted by Crippen LogP contribution is 2.29. The average Bonchev–Trinajstić information content (AvgIpc) is 2.68. The van der Waals surface area contributed by atoms with Gasteiger partial charge in [0.25, 0.3) is 0 Å². The molecule has 17 heavy (non-hydrogen) atoms. The van der Waals surface area contributed by atoms with Gasteiger partial charge in [0.05, 0.1) is 16.8 Å². The van der Waals surface area contributed by atoms with E-state index in [-0.39, 0.29) is 6.10 Å². The molecule has 0 amide bonds. The monoisotopic (exact) mass is 254 g/mol. The second-order valence-electron chi connectivity index (χ2n) is 4.83. The van der Waals surface area contributed by atoms with Crippen LogP contribution in [0, 0.1) is 12.8 Å². The van der Waals surface area contributed by atoms with E-state index in [4.69, 9.17) is 17.3 Å². The van der Waals surface area contributed by atoms with Crippen LogP contribution >= 0.6 is 11.6 Å². The Bertz CT molecular complexity index is 409. The predicted molar refractivity (Wildman–Crippen MR) is 72.4 cm³/mol. The van der Waals surface area contributed by atoms with Crippen molar-refractivity contribution in [1.82, 2.24) is 0 Å². The van der Waals surface area contributed by atoms with Crippen LogP contribution in [0.25, 0.3) is 0 Å². The minimum atomic E-state index is -0.160. The molecule has 1 aromatic rings. The number of rotatable bonds is 3. The molecule has 94 valence electrons. The lowest BCUT2D eigenvalue weighted by Crippen LogP contribution is -2.22. The predicted octanol–water partition coefficient (Wildman–Crippen LogP) is 2.80. The van der Waals surface area contributed by atoms with E-state index in [1.165, 1.54) is 0 Å². The van der Waals surface area contributed by atoms with Gasteiger partial charge in [0, 0.05) is 18.2 Å². The Morgan fingerprint density at radius 2 is 2.24 bits per heavy atom. The zero-order valence-corrected chi connectivity index (χ0v) is 10.8. The van der Waals surface area contributed by atoms with Crippen LogP contribution in [-0.2, 0) is 0 Å². The molecule has 2 atom stereocenters. The molecule has 2 unspecified atom stereocenters. The number of hydrogen-bond donors (Lipinski definition) is 3. The summed E-state index contributed by atoms with van der Waals surface area (Å²) in [6, 6.07) is 3.73. The van der Waals surface area contributed by atoms with Gasteiger partial charge in [-0.15, -0.1) is 0 Å². The Balaban J connectivity index is 2.01. The maximum absolute atomic E-state index is 9.75. The summed E-state index contributed by atoms with van der Waals surface area (Å²) in [6.07, 6.45) is 2.98. The fraction of sp³-hybridized carbons (Fsp3) is 0.538. The second-order valence-corrected chi connectivity index (χ2v) is 5.24. The second kappa shape index (κ2) is 5.15. The molecular formula is C13H19ClN2O. The smallest absolute Gasteiger partial charge is 0.0656 e. The van der Waals surface area contributed by atoms with Gasteiger partial charge in [0.1, 0.15) is 0 Å². The van der Waals surface area contributed by atoms with Crippen LogP contribution in [0.1, 0.15) is 24.8 Å². The summed E-state index contributed by atoms with van der Waals surface area (Å²) in [7, 11) is 0. The van der Waals surface area contributed by atoms with Crippen molar-refractivity contribution in [2.45, 2.75) is 32.3 Å². The van der Waals surface area contributed by atoms with Crippen molar-refractivity contribution in [3.8, 4) is 0 Å². The number of aliphatic hydroxyl groups is 1. The molecule has 0 radical (unpaired) electrons. The van der Waals surface area contributed by atoms with E-state index in [0.717, 1.165) is 37.1 Å². The van der Waals surface area contributed by atoms with Crippen LogP contribution in [0.3, 0.4) is 0 Å². The molecule has 1 aromatic carbocycles. The quantitative estimate of drug-likeness (QED) is 0.727. The molecule has 0 aliphatic heterocycles. The number of aryl methyl sites for hydroxylation is 1. The van der Waals surface area contributed by atoms with Gasteiger partial charge in [-0.2, -0.15) is 0 Å². The van der Waals surface area contributed by atoms with Gasteiger partial charge in [-0.3, -0.25) is 0 Å². The number of benzene rings is 1. The van der Waals surface area contributed by atoms with E-state index in [0.29, 0.717) is 16.6 Å². The number of aliphatic hydroxyl groups excluding tert-OH is 1. The molecule has 1 fully saturated rings. The maximum atomic E-state index is 9.75. The molecule has 4 N–H and O–H groups in total. The lowest BCUT2D eigenvalue weighted by atomic mass is 10.1. The third-order valence-corrected chi connectivity index (χ3v) is 3.84. The fourth-order valence-electron chi connectivity index (χ4n) is 2.39. The number of hydrogen-bond acceptors (Lipinski definition) is 3. The Morgan fingerprint density at radius 3 is 2.88 bits per heavy atom. The third kappa shape index (κ3) is 2.85. The van der Waals surface area contributed by atoms with Gasteiger partial charge in [-0.1, -0.05) is 18.0 Å². The molecule has 0 spiro atoms. The van der Waals surface area contributed by atoms with Crippen LogP contribution in [-0.4, -0.2) is 17.8 Å². The summed E-state index contributed by atoms with van der Waals surface area (Å²) in [5.74, 6) is 0.353. The maximum Gasteiger partial charge on any atom is 0.0656 e. The van der Waals surface area contributed by atoms with Crippen molar-refractivity contribution in [2.24, 2.45) is 5.92 Å². The fourth-order valence-corrected chi connectivity index (χ4v) is 2.55. The van der Waals surface area contributed by atoms with E-state index in [1.54, 1.807) is 0 Å². The zero-order valence-electron chi connectivity index (χ0n) is 10.0. The highest BCUT2D eigenvalue weighted by atomic mass is 35.5. The van der Waals surface area contributed by atoms with Crippen molar-refractivity contribution in [2.75, 3.05) is 17.6 Å². The normalized spacial score (nSPS) is 23.9. The summed E-state index contributed by atoms with van der Waals surface area (Å²) >= 11 is 6.00. The van der Waals surface area contributed by atoms with Crippen LogP contribution in [0.15, 0.2) is 12.1 Å². The summed E-state index contributed by atoms with van der Waals surface area (Å²) in [6.45, 7) is 2.79. The van der Waals surface area contributed by atoms with E-state index in [1.807, 2.05) is 19.1 Å². The van der Waals surface area contributed by atoms with Crippen LogP contribution in [0.4, 0.5) is 11.4 Å². The van der Waals surface area contributed by atoms with Gasteiger partial charge < -0.3 is 16.2 Å². The molecule has 1 aliphatic carbocycles. The van der Waals surface area contributed by atoms with Crippen LogP contribution in [0.2, 0.25) is 5.02 Å². The summed E-state index contributed by atoms with van der Waals surface area (Å²) < 4.78 is 0. The van der Waals surface area contributed by atoms with E-state index < -0.39 is 0 Å². The Hall–Kier alpha value is -0.930. The van der Waals surface area contributed by atoms with E-state index in [9.17, 15) is 5.11 Å². The Labute approximate surface area is 107 Å². The van der Waals surface area contributed by atoms with Gasteiger partial charge in [-0.05, 0) is 37.5 Å². The topological polar surface area (TPSA) is 58.3 Å². The molecule has 4 heteroatoms. The first-order valence-corrected chi connectivity index (χ1v) is 6.43. The van der Waals surface area contributed by atoms with Crippen molar-refractivity contribution >= 4 is 23.0 Å². The van der Waals surface area contributed by atoms with Gasteiger partial charge in [0.15, 0.2) is 0 Å². The Morgan fingerprint density at radius 1 is 1.47 bits per heavy atom. The Kier molecular flexibility index (Phi) is 3.79. The molecule has 2 rings (SSSR count). The molecule has 3 nitrogen and oxygen atoms in total. The summed E-state index contributed by atoms with van der Waals surface area (Å²) in [5.41, 5.74) is 8.42. The largest absolute Gasteiger partial charge is 0.398 e. The SMILES string of the molecule is Cc1cc(N)c(Cl)cc1NCC1CCCC1O. The van der Waals surface area contributed by atoms with E-state index in [2.05, 4.69) is 5.32 Å². The molecule has 0 aromatic heterocycles. The average molecular weight is 255 g/mol. The minimum Gasteiger partial charge on any atom is -0.398 e. The first kappa shape index (κ1) is 12.5. The standard InChI is InChI=1S/C13H19ClN2O/c1-8-5-11(15)10(14)6-12(8)16-7-9-3-2-4-13(9)17/h5-6,9,13,16-17H,2-4,7,15H2,1H3.